The largest absolute Gasteiger partial charge is 0.508 e. The van der Waals surface area contributed by atoms with Crippen LogP contribution in [0.3, 0.4) is 0 Å². The lowest BCUT2D eigenvalue weighted by molar-refractivity contribution is -0.194. The van der Waals surface area contributed by atoms with Crippen molar-refractivity contribution in [3.63, 3.8) is 0 Å². The molecule has 1 spiro atoms. The van der Waals surface area contributed by atoms with Crippen LogP contribution in [0, 0.1) is 51.8 Å². The van der Waals surface area contributed by atoms with Crippen LogP contribution in [0.5, 0.6) is 5.75 Å². The van der Waals surface area contributed by atoms with Gasteiger partial charge in [0.15, 0.2) is 0 Å². The summed E-state index contributed by atoms with van der Waals surface area (Å²) in [7, 11) is 0. The van der Waals surface area contributed by atoms with E-state index in [0.29, 0.717) is 18.0 Å². The Morgan fingerprint density at radius 2 is 1.72 bits per heavy atom. The molecular formula is C30H37NO5. The quantitative estimate of drug-likeness (QED) is 0.436. The van der Waals surface area contributed by atoms with Crippen molar-refractivity contribution in [1.82, 2.24) is 0 Å². The summed E-state index contributed by atoms with van der Waals surface area (Å²) >= 11 is 0. The van der Waals surface area contributed by atoms with Crippen molar-refractivity contribution < 1.29 is 24.6 Å². The summed E-state index contributed by atoms with van der Waals surface area (Å²) in [5, 5.41) is 20.0. The average molecular weight is 492 g/mol. The number of anilines is 1. The standard InChI is InChI=1S/C30H37NO5/c1-16(2)20-15-30-13-10-21-28(3,11-5-12-29(21,4)27(35)36)22(30)14-19(20)23-24(30)26(34)31(25(23)33)17-6-8-18(32)9-7-17/h6-9,15-16,19,21-24,32H,5,10-14H2,1-4H3,(H,35,36)/t19-,21+,22+,23-,24+,28+,29-,30+/m1/s1. The van der Waals surface area contributed by atoms with E-state index in [2.05, 4.69) is 26.8 Å². The molecule has 6 heteroatoms. The maximum absolute atomic E-state index is 14.2. The first-order valence-electron chi connectivity index (χ1n) is 13.6. The van der Waals surface area contributed by atoms with Crippen molar-refractivity contribution >= 4 is 23.5 Å². The summed E-state index contributed by atoms with van der Waals surface area (Å²) in [5.74, 6) is -1.04. The fourth-order valence-corrected chi connectivity index (χ4v) is 9.81. The van der Waals surface area contributed by atoms with Gasteiger partial charge < -0.3 is 10.2 Å². The van der Waals surface area contributed by atoms with Crippen LogP contribution in [0.2, 0.25) is 0 Å². The Balaban J connectivity index is 1.49. The van der Waals surface area contributed by atoms with Crippen LogP contribution in [-0.4, -0.2) is 28.0 Å². The number of nitrogens with zero attached hydrogens (tertiary/aromatic N) is 1. The number of aromatic hydroxyl groups is 1. The smallest absolute Gasteiger partial charge is 0.309 e. The minimum atomic E-state index is -0.747. The summed E-state index contributed by atoms with van der Waals surface area (Å²) < 4.78 is 0. The normalized spacial score (nSPS) is 43.2. The van der Waals surface area contributed by atoms with Gasteiger partial charge in [0.1, 0.15) is 5.75 Å². The molecule has 192 valence electrons. The molecule has 36 heavy (non-hydrogen) atoms. The molecule has 3 saturated carbocycles. The molecule has 1 saturated heterocycles. The van der Waals surface area contributed by atoms with Crippen molar-refractivity contribution in [1.29, 1.82) is 0 Å². The Hall–Kier alpha value is -2.63. The van der Waals surface area contributed by atoms with Gasteiger partial charge in [0, 0.05) is 5.41 Å². The zero-order valence-electron chi connectivity index (χ0n) is 21.7. The number of allylic oxidation sites excluding steroid dienone is 2. The number of phenolic OH excluding ortho intramolecular Hbond substituents is 1. The van der Waals surface area contributed by atoms with E-state index in [9.17, 15) is 24.6 Å². The van der Waals surface area contributed by atoms with Gasteiger partial charge >= 0.3 is 5.97 Å². The molecule has 8 atom stereocenters. The number of aliphatic carboxylic acids is 1. The zero-order valence-corrected chi connectivity index (χ0v) is 21.7. The SMILES string of the molecule is CC(C)C1=C[C@@]23CC[C@H]4[C@](C)(CCC[C@@]4(C)C(=O)O)[C@@H]2C[C@H]1[C@H]1C(=O)N(c2ccc(O)cc2)C(=O)[C@H]13. The number of phenols is 1. The number of amides is 2. The van der Waals surface area contributed by atoms with Crippen LogP contribution in [0.1, 0.15) is 66.2 Å². The minimum absolute atomic E-state index is 0.00836. The maximum atomic E-state index is 14.2. The molecule has 2 bridgehead atoms. The first-order chi connectivity index (χ1) is 17.0. The lowest BCUT2D eigenvalue weighted by Crippen LogP contribution is -2.65. The Morgan fingerprint density at radius 1 is 1.03 bits per heavy atom. The van der Waals surface area contributed by atoms with Crippen molar-refractivity contribution in [2.45, 2.75) is 66.2 Å². The van der Waals surface area contributed by atoms with E-state index in [0.717, 1.165) is 32.1 Å². The number of hydrogen-bond acceptors (Lipinski definition) is 4. The summed E-state index contributed by atoms with van der Waals surface area (Å²) in [6.07, 6.45) is 7.35. The number of carbonyl (C=O) groups is 3. The van der Waals surface area contributed by atoms with Crippen LogP contribution in [0.25, 0.3) is 0 Å². The molecule has 1 aliphatic heterocycles. The topological polar surface area (TPSA) is 94.9 Å². The Labute approximate surface area is 212 Å². The van der Waals surface area contributed by atoms with Gasteiger partial charge in [0.05, 0.1) is 22.9 Å². The van der Waals surface area contributed by atoms with Crippen molar-refractivity contribution in [3.8, 4) is 5.75 Å². The predicted octanol–water partition coefficient (Wildman–Crippen LogP) is 5.41. The highest BCUT2D eigenvalue weighted by atomic mass is 16.4. The Morgan fingerprint density at radius 3 is 2.36 bits per heavy atom. The van der Waals surface area contributed by atoms with Crippen molar-refractivity contribution in [3.05, 3.63) is 35.9 Å². The van der Waals surface area contributed by atoms with Crippen LogP contribution < -0.4 is 4.90 Å². The minimum Gasteiger partial charge on any atom is -0.508 e. The number of carboxylic acid groups (broad SMARTS) is 1. The van der Waals surface area contributed by atoms with E-state index in [4.69, 9.17) is 0 Å². The van der Waals surface area contributed by atoms with E-state index in [1.807, 2.05) is 6.92 Å². The lowest BCUT2D eigenvalue weighted by atomic mass is 9.34. The van der Waals surface area contributed by atoms with Crippen LogP contribution in [0.4, 0.5) is 5.69 Å². The molecular weight excluding hydrogens is 454 g/mol. The van der Waals surface area contributed by atoms with E-state index in [-0.39, 0.29) is 46.7 Å². The molecule has 0 unspecified atom stereocenters. The van der Waals surface area contributed by atoms with Crippen LogP contribution in [-0.2, 0) is 14.4 Å². The summed E-state index contributed by atoms with van der Waals surface area (Å²) in [6.45, 7) is 8.59. The van der Waals surface area contributed by atoms with E-state index >= 15 is 0 Å². The van der Waals surface area contributed by atoms with Crippen molar-refractivity contribution in [2.24, 2.45) is 51.8 Å². The third-order valence-electron chi connectivity index (χ3n) is 11.3. The molecule has 0 radical (unpaired) electrons. The summed E-state index contributed by atoms with van der Waals surface area (Å²) in [6, 6.07) is 6.33. The molecule has 6 aliphatic rings. The summed E-state index contributed by atoms with van der Waals surface area (Å²) in [4.78, 5) is 42.0. The second-order valence-corrected chi connectivity index (χ2v) is 13.0. The third kappa shape index (κ3) is 2.76. The zero-order chi connectivity index (χ0) is 25.8. The number of rotatable bonds is 3. The van der Waals surface area contributed by atoms with Gasteiger partial charge in [0.25, 0.3) is 0 Å². The molecule has 0 aromatic heterocycles. The summed E-state index contributed by atoms with van der Waals surface area (Å²) in [5.41, 5.74) is 0.482. The molecule has 5 aliphatic carbocycles. The fourth-order valence-electron chi connectivity index (χ4n) is 9.81. The van der Waals surface area contributed by atoms with Gasteiger partial charge in [-0.2, -0.15) is 0 Å². The van der Waals surface area contributed by atoms with Gasteiger partial charge in [-0.3, -0.25) is 19.3 Å². The number of carboxylic acids is 1. The Bertz CT molecular complexity index is 1190. The highest BCUT2D eigenvalue weighted by molar-refractivity contribution is 6.23. The number of carbonyl (C=O) groups excluding carboxylic acids is 2. The van der Waals surface area contributed by atoms with E-state index < -0.39 is 22.7 Å². The van der Waals surface area contributed by atoms with E-state index in [1.54, 1.807) is 12.1 Å². The van der Waals surface area contributed by atoms with E-state index in [1.165, 1.54) is 22.6 Å². The molecule has 2 N–H and O–H groups in total. The molecule has 1 aromatic rings. The first kappa shape index (κ1) is 23.7. The second-order valence-electron chi connectivity index (χ2n) is 13.0. The highest BCUT2D eigenvalue weighted by Gasteiger charge is 2.73. The average Bonchev–Trinajstić information content (AvgIpc) is 3.11. The fraction of sp³-hybridized carbons (Fsp3) is 0.633. The third-order valence-corrected chi connectivity index (χ3v) is 11.3. The van der Waals surface area contributed by atoms with Crippen LogP contribution in [0.15, 0.2) is 35.9 Å². The monoisotopic (exact) mass is 491 g/mol. The van der Waals surface area contributed by atoms with Gasteiger partial charge in [-0.15, -0.1) is 0 Å². The maximum Gasteiger partial charge on any atom is 0.309 e. The molecule has 1 aromatic carbocycles. The number of imide groups is 1. The predicted molar refractivity (Wildman–Crippen MR) is 135 cm³/mol. The molecule has 6 nitrogen and oxygen atoms in total. The second kappa shape index (κ2) is 7.45. The molecule has 7 rings (SSSR count). The van der Waals surface area contributed by atoms with Gasteiger partial charge in [-0.1, -0.05) is 38.8 Å². The van der Waals surface area contributed by atoms with Gasteiger partial charge in [-0.25, -0.2) is 0 Å². The Kier molecular flexibility index (Phi) is 4.92. The van der Waals surface area contributed by atoms with Crippen LogP contribution >= 0.6 is 0 Å². The van der Waals surface area contributed by atoms with Crippen molar-refractivity contribution in [2.75, 3.05) is 4.90 Å². The molecule has 2 amide bonds. The van der Waals surface area contributed by atoms with Gasteiger partial charge in [-0.05, 0) is 92.4 Å². The lowest BCUT2D eigenvalue weighted by Gasteiger charge is -2.68. The number of hydrogen-bond donors (Lipinski definition) is 2. The van der Waals surface area contributed by atoms with Gasteiger partial charge in [0.2, 0.25) is 11.8 Å². The molecule has 1 heterocycles. The number of fused-ring (bicyclic) bond motifs is 1. The molecule has 4 fully saturated rings. The highest BCUT2D eigenvalue weighted by Crippen LogP contribution is 2.74. The number of benzene rings is 1. The first-order valence-corrected chi connectivity index (χ1v) is 13.6.